The molecule has 0 saturated heterocycles. The number of carbonyl (C=O) groups is 2. The Bertz CT molecular complexity index is 2190. The van der Waals surface area contributed by atoms with Crippen molar-refractivity contribution in [1.29, 1.82) is 0 Å². The monoisotopic (exact) mass is 620 g/mol. The van der Waals surface area contributed by atoms with Gasteiger partial charge in [0.1, 0.15) is 0 Å². The molecule has 7 rings (SSSR count). The van der Waals surface area contributed by atoms with Gasteiger partial charge in [0.2, 0.25) is 0 Å². The van der Waals surface area contributed by atoms with Crippen LogP contribution in [0.25, 0.3) is 11.1 Å². The molecule has 0 saturated carbocycles. The highest BCUT2D eigenvalue weighted by molar-refractivity contribution is 5.91. The van der Waals surface area contributed by atoms with Crippen LogP contribution in [0, 0.1) is 23.7 Å². The van der Waals surface area contributed by atoms with Gasteiger partial charge in [-0.1, -0.05) is 96.5 Å². The van der Waals surface area contributed by atoms with Gasteiger partial charge in [0.15, 0.2) is 0 Å². The lowest BCUT2D eigenvalue weighted by molar-refractivity contribution is 0.0599. The molecule has 0 bridgehead atoms. The number of aromatic carboxylic acids is 1. The molecule has 6 aromatic rings. The normalized spacial score (nSPS) is 11.9. The van der Waals surface area contributed by atoms with E-state index in [0.29, 0.717) is 5.56 Å². The highest BCUT2D eigenvalue weighted by Gasteiger charge is 2.46. The Morgan fingerprint density at radius 3 is 1.35 bits per heavy atom. The molecule has 4 heteroatoms. The summed E-state index contributed by atoms with van der Waals surface area (Å²) < 4.78 is 4.99. The van der Waals surface area contributed by atoms with E-state index in [9.17, 15) is 14.7 Å². The van der Waals surface area contributed by atoms with E-state index < -0.39 is 17.4 Å². The van der Waals surface area contributed by atoms with Gasteiger partial charge in [0, 0.05) is 22.3 Å². The van der Waals surface area contributed by atoms with Crippen LogP contribution in [-0.2, 0) is 10.2 Å². The molecule has 4 nitrogen and oxygen atoms in total. The van der Waals surface area contributed by atoms with Crippen LogP contribution < -0.4 is 0 Å². The third kappa shape index (κ3) is 5.43. The Kier molecular flexibility index (Phi) is 7.92. The van der Waals surface area contributed by atoms with Gasteiger partial charge in [0.25, 0.3) is 0 Å². The summed E-state index contributed by atoms with van der Waals surface area (Å²) in [7, 11) is 1.36. The number of methoxy groups -OCH3 is 1. The van der Waals surface area contributed by atoms with Crippen LogP contribution in [0.1, 0.15) is 65.2 Å². The van der Waals surface area contributed by atoms with E-state index in [2.05, 4.69) is 47.9 Å². The van der Waals surface area contributed by atoms with Gasteiger partial charge in [-0.2, -0.15) is 0 Å². The smallest absolute Gasteiger partial charge is 0.337 e. The van der Waals surface area contributed by atoms with Crippen molar-refractivity contribution in [2.24, 2.45) is 0 Å². The largest absolute Gasteiger partial charge is 0.478 e. The Morgan fingerprint density at radius 1 is 0.521 bits per heavy atom. The van der Waals surface area contributed by atoms with E-state index in [1.807, 2.05) is 97.1 Å². The zero-order chi connectivity index (χ0) is 33.1. The number of carboxylic acid groups (broad SMARTS) is 1. The summed E-state index contributed by atoms with van der Waals surface area (Å²) in [5.41, 5.74) is 9.10. The van der Waals surface area contributed by atoms with Crippen LogP contribution in [0.2, 0.25) is 0 Å². The van der Waals surface area contributed by atoms with Crippen molar-refractivity contribution < 1.29 is 19.4 Å². The van der Waals surface area contributed by atoms with Crippen molar-refractivity contribution in [1.82, 2.24) is 0 Å². The summed E-state index contributed by atoms with van der Waals surface area (Å²) in [6.07, 6.45) is 0. The summed E-state index contributed by atoms with van der Waals surface area (Å²) in [6.45, 7) is 0. The fourth-order valence-electron chi connectivity index (χ4n) is 6.44. The van der Waals surface area contributed by atoms with Crippen molar-refractivity contribution in [3.05, 3.63) is 201 Å². The standard InChI is InChI=1S/C44H28O4/c1-48-43(47)35-20-24-37(25-21-35)44(36-22-18-34(19-23-36)42(45)46)40-28-32(14-12-30-8-4-2-5-9-30)16-26-38(40)39-27-17-33(29-41(39)44)15-13-31-10-6-3-7-11-31/h2-11,16-29H,1H3,(H,45,46). The second-order valence-corrected chi connectivity index (χ2v) is 11.5. The molecule has 6 aromatic carbocycles. The first-order valence-corrected chi connectivity index (χ1v) is 15.4. The molecule has 0 spiro atoms. The van der Waals surface area contributed by atoms with Crippen molar-refractivity contribution >= 4 is 11.9 Å². The number of esters is 1. The van der Waals surface area contributed by atoms with Crippen LogP contribution >= 0.6 is 0 Å². The second kappa shape index (κ2) is 12.6. The van der Waals surface area contributed by atoms with Gasteiger partial charge in [-0.25, -0.2) is 9.59 Å². The Balaban J connectivity index is 1.50. The maximum absolute atomic E-state index is 12.5. The molecule has 0 radical (unpaired) electrons. The third-order valence-electron chi connectivity index (χ3n) is 8.69. The predicted octanol–water partition coefficient (Wildman–Crippen LogP) is 8.33. The van der Waals surface area contributed by atoms with Crippen molar-refractivity contribution in [3.63, 3.8) is 0 Å². The number of fused-ring (bicyclic) bond motifs is 3. The molecule has 0 aliphatic heterocycles. The van der Waals surface area contributed by atoms with Gasteiger partial charge >= 0.3 is 11.9 Å². The van der Waals surface area contributed by atoms with E-state index >= 15 is 0 Å². The zero-order valence-electron chi connectivity index (χ0n) is 26.0. The molecule has 0 atom stereocenters. The first-order valence-electron chi connectivity index (χ1n) is 15.4. The molecule has 1 N–H and O–H groups in total. The summed E-state index contributed by atoms with van der Waals surface area (Å²) in [6, 6.07) is 46.7. The lowest BCUT2D eigenvalue weighted by Crippen LogP contribution is -2.29. The third-order valence-corrected chi connectivity index (χ3v) is 8.69. The number of hydrogen-bond donors (Lipinski definition) is 1. The van der Waals surface area contributed by atoms with Gasteiger partial charge in [-0.15, -0.1) is 0 Å². The van der Waals surface area contributed by atoms with E-state index in [-0.39, 0.29) is 5.56 Å². The number of carboxylic acids is 1. The number of rotatable bonds is 4. The zero-order valence-corrected chi connectivity index (χ0v) is 26.0. The Morgan fingerprint density at radius 2 is 0.938 bits per heavy atom. The van der Waals surface area contributed by atoms with Gasteiger partial charge in [-0.05, 0) is 106 Å². The fourth-order valence-corrected chi connectivity index (χ4v) is 6.44. The Hall–Kier alpha value is -6.62. The maximum atomic E-state index is 12.5. The SMILES string of the molecule is COC(=O)c1ccc(C2(c3ccc(C(=O)O)cc3)c3cc(C#Cc4ccccc4)ccc3-c3ccc(C#Cc4ccccc4)cc32)cc1. The van der Waals surface area contributed by atoms with Gasteiger partial charge in [-0.3, -0.25) is 0 Å². The van der Waals surface area contributed by atoms with Crippen LogP contribution in [0.5, 0.6) is 0 Å². The Labute approximate surface area is 279 Å². The molecule has 0 aromatic heterocycles. The van der Waals surface area contributed by atoms with Gasteiger partial charge < -0.3 is 9.84 Å². The molecule has 48 heavy (non-hydrogen) atoms. The molecule has 1 aliphatic carbocycles. The second-order valence-electron chi connectivity index (χ2n) is 11.5. The van der Waals surface area contributed by atoms with Crippen LogP contribution in [0.15, 0.2) is 146 Å². The van der Waals surface area contributed by atoms with Crippen molar-refractivity contribution in [2.75, 3.05) is 7.11 Å². The molecule has 228 valence electrons. The summed E-state index contributed by atoms with van der Waals surface area (Å²) >= 11 is 0. The highest BCUT2D eigenvalue weighted by atomic mass is 16.5. The number of carbonyl (C=O) groups excluding carboxylic acids is 1. The topological polar surface area (TPSA) is 63.6 Å². The lowest BCUT2D eigenvalue weighted by Gasteiger charge is -2.34. The fraction of sp³-hybridized carbons (Fsp3) is 0.0455. The number of benzene rings is 6. The molecule has 0 heterocycles. The van der Waals surface area contributed by atoms with Crippen molar-refractivity contribution in [2.45, 2.75) is 5.41 Å². The van der Waals surface area contributed by atoms with Gasteiger partial charge in [0.05, 0.1) is 23.7 Å². The molecule has 0 amide bonds. The molecular formula is C44H28O4. The van der Waals surface area contributed by atoms with Crippen LogP contribution in [0.3, 0.4) is 0 Å². The van der Waals surface area contributed by atoms with E-state index in [0.717, 1.165) is 55.6 Å². The van der Waals surface area contributed by atoms with E-state index in [1.54, 1.807) is 24.3 Å². The molecule has 0 fully saturated rings. The highest BCUT2D eigenvalue weighted by Crippen LogP contribution is 2.56. The van der Waals surface area contributed by atoms with E-state index in [1.165, 1.54) is 7.11 Å². The van der Waals surface area contributed by atoms with Crippen molar-refractivity contribution in [3.8, 4) is 34.8 Å². The lowest BCUT2D eigenvalue weighted by atomic mass is 9.67. The van der Waals surface area contributed by atoms with E-state index in [4.69, 9.17) is 4.74 Å². The minimum Gasteiger partial charge on any atom is -0.478 e. The number of ether oxygens (including phenoxy) is 1. The average Bonchev–Trinajstić information content (AvgIpc) is 3.43. The first kappa shape index (κ1) is 30.1. The quantitative estimate of drug-likeness (QED) is 0.159. The summed E-state index contributed by atoms with van der Waals surface area (Å²) in [5.74, 6) is 11.8. The average molecular weight is 621 g/mol. The summed E-state index contributed by atoms with van der Waals surface area (Å²) in [5, 5.41) is 9.75. The number of hydrogen-bond acceptors (Lipinski definition) is 3. The minimum absolute atomic E-state index is 0.193. The molecular weight excluding hydrogens is 592 g/mol. The minimum atomic E-state index is -0.998. The summed E-state index contributed by atoms with van der Waals surface area (Å²) in [4.78, 5) is 24.4. The van der Waals surface area contributed by atoms with Crippen LogP contribution in [0.4, 0.5) is 0 Å². The maximum Gasteiger partial charge on any atom is 0.337 e. The molecule has 0 unspecified atom stereocenters. The molecule has 1 aliphatic rings. The first-order chi connectivity index (χ1) is 23.5. The predicted molar refractivity (Wildman–Crippen MR) is 187 cm³/mol. The van der Waals surface area contributed by atoms with Crippen LogP contribution in [-0.4, -0.2) is 24.2 Å².